The number of nitrogens with zero attached hydrogens (tertiary/aromatic N) is 2. The molecule has 4 aromatic carbocycles. The van der Waals surface area contributed by atoms with Crippen molar-refractivity contribution >= 4 is 39.0 Å². The third-order valence-electron chi connectivity index (χ3n) is 7.42. The number of hydrogen-bond donors (Lipinski definition) is 1. The Bertz CT molecular complexity index is 1660. The van der Waals surface area contributed by atoms with Gasteiger partial charge < -0.3 is 15.0 Å². The molecule has 0 bridgehead atoms. The van der Waals surface area contributed by atoms with Crippen LogP contribution in [0.2, 0.25) is 0 Å². The number of carbonyl (C=O) groups is 2. The van der Waals surface area contributed by atoms with Crippen LogP contribution in [0.25, 0.3) is 0 Å². The molecule has 1 amide bonds. The van der Waals surface area contributed by atoms with Crippen LogP contribution in [-0.4, -0.2) is 43.8 Å². The number of hydrogen-bond acceptors (Lipinski definition) is 6. The van der Waals surface area contributed by atoms with Crippen LogP contribution in [0.1, 0.15) is 37.4 Å². The minimum atomic E-state index is -3.86. The lowest BCUT2D eigenvalue weighted by Gasteiger charge is -2.36. The molecule has 0 aliphatic carbocycles. The van der Waals surface area contributed by atoms with Gasteiger partial charge in [-0.3, -0.25) is 9.59 Å². The molecule has 1 aliphatic heterocycles. The maximum Gasteiger partial charge on any atom is 0.308 e. The summed E-state index contributed by atoms with van der Waals surface area (Å²) in [7, 11) is -3.86. The van der Waals surface area contributed by atoms with Gasteiger partial charge in [-0.25, -0.2) is 8.42 Å². The van der Waals surface area contributed by atoms with E-state index in [1.807, 2.05) is 66.7 Å². The van der Waals surface area contributed by atoms with E-state index < -0.39 is 34.5 Å². The van der Waals surface area contributed by atoms with Gasteiger partial charge in [-0.2, -0.15) is 4.31 Å². The first kappa shape index (κ1) is 30.0. The molecule has 8 nitrogen and oxygen atoms in total. The lowest BCUT2D eigenvalue weighted by Crippen LogP contribution is -2.41. The highest BCUT2D eigenvalue weighted by atomic mass is 32.2. The van der Waals surface area contributed by atoms with Crippen molar-refractivity contribution in [3.05, 3.63) is 120 Å². The summed E-state index contributed by atoms with van der Waals surface area (Å²) < 4.78 is 33.8. The predicted octanol–water partition coefficient (Wildman–Crippen LogP) is 6.09. The van der Waals surface area contributed by atoms with Gasteiger partial charge in [-0.1, -0.05) is 60.7 Å². The van der Waals surface area contributed by atoms with Crippen molar-refractivity contribution in [1.29, 1.82) is 0 Å². The number of rotatable bonds is 10. The highest BCUT2D eigenvalue weighted by Crippen LogP contribution is 2.36. The van der Waals surface area contributed by atoms with Crippen LogP contribution < -0.4 is 10.2 Å². The summed E-state index contributed by atoms with van der Waals surface area (Å²) in [5, 5.41) is 2.77. The maximum atomic E-state index is 13.5. The molecule has 222 valence electrons. The predicted molar refractivity (Wildman–Crippen MR) is 168 cm³/mol. The molecule has 1 N–H and O–H groups in total. The van der Waals surface area contributed by atoms with Crippen molar-refractivity contribution in [3.63, 3.8) is 0 Å². The van der Waals surface area contributed by atoms with Crippen LogP contribution >= 0.6 is 0 Å². The van der Waals surface area contributed by atoms with E-state index in [2.05, 4.69) is 24.1 Å². The molecule has 0 radical (unpaired) electrons. The molecule has 0 saturated carbocycles. The largest absolute Gasteiger partial charge is 0.456 e. The molecule has 0 aromatic heterocycles. The average Bonchev–Trinajstić information content (AvgIpc) is 3.02. The number of benzene rings is 4. The molecule has 0 unspecified atom stereocenters. The zero-order valence-electron chi connectivity index (χ0n) is 24.2. The Morgan fingerprint density at radius 3 is 2.14 bits per heavy atom. The zero-order valence-corrected chi connectivity index (χ0v) is 25.0. The summed E-state index contributed by atoms with van der Waals surface area (Å²) >= 11 is 0. The number of esters is 1. The quantitative estimate of drug-likeness (QED) is 0.222. The van der Waals surface area contributed by atoms with E-state index in [1.165, 1.54) is 4.31 Å². The molecule has 4 aromatic rings. The standard InChI is InChI=1S/C34H35N3O5S/c1-25(2)37(28-12-5-3-6-13-28)29-19-17-27(18-20-29)35-33(38)24-42-34(39)23-32-31-16-10-9-11-26(31)21-22-36(32)43(40,41)30-14-7-4-8-15-30/h3-20,25,32H,21-24H2,1-2H3,(H,35,38)/t32-/m0/s1. The fourth-order valence-electron chi connectivity index (χ4n) is 5.46. The fourth-order valence-corrected chi connectivity index (χ4v) is 7.08. The summed E-state index contributed by atoms with van der Waals surface area (Å²) in [6.07, 6.45) is 0.324. The summed E-state index contributed by atoms with van der Waals surface area (Å²) in [4.78, 5) is 28.0. The molecule has 0 saturated heterocycles. The van der Waals surface area contributed by atoms with Crippen molar-refractivity contribution in [2.75, 3.05) is 23.4 Å². The highest BCUT2D eigenvalue weighted by molar-refractivity contribution is 7.89. The van der Waals surface area contributed by atoms with Gasteiger partial charge in [0.2, 0.25) is 10.0 Å². The molecule has 1 aliphatic rings. The molecule has 5 rings (SSSR count). The first-order valence-electron chi connectivity index (χ1n) is 14.3. The SMILES string of the molecule is CC(C)N(c1ccccc1)c1ccc(NC(=O)COC(=O)C[C@H]2c3ccccc3CCN2S(=O)(=O)c2ccccc2)cc1. The van der Waals surface area contributed by atoms with E-state index in [-0.39, 0.29) is 23.9 Å². The first-order valence-corrected chi connectivity index (χ1v) is 15.7. The number of amides is 1. The summed E-state index contributed by atoms with van der Waals surface area (Å²) in [5.41, 5.74) is 4.37. The number of fused-ring (bicyclic) bond motifs is 1. The van der Waals surface area contributed by atoms with Crippen molar-refractivity contribution in [2.24, 2.45) is 0 Å². The first-order chi connectivity index (χ1) is 20.7. The molecular weight excluding hydrogens is 562 g/mol. The van der Waals surface area contributed by atoms with Gasteiger partial charge in [0, 0.05) is 29.6 Å². The van der Waals surface area contributed by atoms with E-state index in [4.69, 9.17) is 4.74 Å². The second kappa shape index (κ2) is 13.2. The molecule has 1 atom stereocenters. The second-order valence-corrected chi connectivity index (χ2v) is 12.5. The Labute approximate surface area is 253 Å². The summed E-state index contributed by atoms with van der Waals surface area (Å²) in [6.45, 7) is 3.97. The Balaban J connectivity index is 1.23. The molecule has 0 spiro atoms. The van der Waals surface area contributed by atoms with Crippen LogP contribution in [0, 0.1) is 0 Å². The number of anilines is 3. The number of sulfonamides is 1. The number of para-hydroxylation sites is 1. The topological polar surface area (TPSA) is 96.0 Å². The number of ether oxygens (including phenoxy) is 1. The van der Waals surface area contributed by atoms with E-state index in [0.29, 0.717) is 12.1 Å². The Kier molecular flexibility index (Phi) is 9.23. The third kappa shape index (κ3) is 6.96. The van der Waals surface area contributed by atoms with Crippen LogP contribution in [0.4, 0.5) is 17.1 Å². The third-order valence-corrected chi connectivity index (χ3v) is 9.34. The molecular formula is C34H35N3O5S. The van der Waals surface area contributed by atoms with Crippen LogP contribution in [0.3, 0.4) is 0 Å². The smallest absolute Gasteiger partial charge is 0.308 e. The van der Waals surface area contributed by atoms with E-state index >= 15 is 0 Å². The molecule has 9 heteroatoms. The van der Waals surface area contributed by atoms with Gasteiger partial charge in [0.25, 0.3) is 5.91 Å². The Morgan fingerprint density at radius 2 is 1.47 bits per heavy atom. The monoisotopic (exact) mass is 597 g/mol. The van der Waals surface area contributed by atoms with Crippen LogP contribution in [0.5, 0.6) is 0 Å². The number of carbonyl (C=O) groups excluding carboxylic acids is 2. The van der Waals surface area contributed by atoms with Gasteiger partial charge in [-0.05, 0) is 79.9 Å². The van der Waals surface area contributed by atoms with Crippen molar-refractivity contribution in [2.45, 2.75) is 43.7 Å². The van der Waals surface area contributed by atoms with E-state index in [0.717, 1.165) is 22.5 Å². The van der Waals surface area contributed by atoms with Crippen LogP contribution in [0.15, 0.2) is 114 Å². The van der Waals surface area contributed by atoms with Crippen molar-refractivity contribution in [1.82, 2.24) is 4.31 Å². The normalized spacial score (nSPS) is 15.0. The Morgan fingerprint density at radius 1 is 0.860 bits per heavy atom. The highest BCUT2D eigenvalue weighted by Gasteiger charge is 2.37. The fraction of sp³-hybridized carbons (Fsp3) is 0.235. The van der Waals surface area contributed by atoms with Crippen molar-refractivity contribution in [3.8, 4) is 0 Å². The van der Waals surface area contributed by atoms with Crippen LogP contribution in [-0.2, 0) is 30.8 Å². The maximum absolute atomic E-state index is 13.5. The second-order valence-electron chi connectivity index (χ2n) is 10.7. The Hall–Kier alpha value is -4.47. The van der Waals surface area contributed by atoms with Gasteiger partial charge in [0.15, 0.2) is 6.61 Å². The van der Waals surface area contributed by atoms with E-state index in [9.17, 15) is 18.0 Å². The minimum Gasteiger partial charge on any atom is -0.456 e. The van der Waals surface area contributed by atoms with Gasteiger partial charge in [-0.15, -0.1) is 0 Å². The van der Waals surface area contributed by atoms with Gasteiger partial charge in [0.1, 0.15) is 0 Å². The molecule has 43 heavy (non-hydrogen) atoms. The number of nitrogens with one attached hydrogen (secondary N) is 1. The lowest BCUT2D eigenvalue weighted by molar-refractivity contribution is -0.148. The lowest BCUT2D eigenvalue weighted by atomic mass is 9.92. The summed E-state index contributed by atoms with van der Waals surface area (Å²) in [5.74, 6) is -1.14. The molecule has 1 heterocycles. The summed E-state index contributed by atoms with van der Waals surface area (Å²) in [6, 6.07) is 32.7. The zero-order chi connectivity index (χ0) is 30.4. The minimum absolute atomic E-state index is 0.165. The van der Waals surface area contributed by atoms with Gasteiger partial charge >= 0.3 is 5.97 Å². The van der Waals surface area contributed by atoms with Crippen molar-refractivity contribution < 1.29 is 22.7 Å². The average molecular weight is 598 g/mol. The van der Waals surface area contributed by atoms with E-state index in [1.54, 1.807) is 42.5 Å². The molecule has 0 fully saturated rings. The van der Waals surface area contributed by atoms with Gasteiger partial charge in [0.05, 0.1) is 17.4 Å².